The number of carboxylic acid groups (broad SMARTS) is 1. The lowest BCUT2D eigenvalue weighted by molar-refractivity contribution is -0.133. The van der Waals surface area contributed by atoms with Gasteiger partial charge in [-0.25, -0.2) is 0 Å². The second kappa shape index (κ2) is 6.16. The molecule has 0 aromatic carbocycles. The molecule has 1 N–H and O–H groups in total. The van der Waals surface area contributed by atoms with Crippen LogP contribution >= 0.6 is 27.7 Å². The van der Waals surface area contributed by atoms with Crippen LogP contribution in [0.2, 0.25) is 0 Å². The highest BCUT2D eigenvalue weighted by Crippen LogP contribution is 2.23. The minimum absolute atomic E-state index is 0.0358. The Labute approximate surface area is 122 Å². The van der Waals surface area contributed by atoms with Crippen LogP contribution in [0.15, 0.2) is 28.0 Å². The Balaban J connectivity index is 2.31. The Kier molecular flexibility index (Phi) is 4.54. The Morgan fingerprint density at radius 3 is 2.84 bits per heavy atom. The van der Waals surface area contributed by atoms with Crippen molar-refractivity contribution in [2.24, 2.45) is 0 Å². The molecular formula is C11H11BrN4O2S. The van der Waals surface area contributed by atoms with E-state index in [1.165, 1.54) is 0 Å². The first-order valence-electron chi connectivity index (χ1n) is 5.51. The smallest absolute Gasteiger partial charge is 0.313 e. The maximum Gasteiger partial charge on any atom is 0.313 e. The van der Waals surface area contributed by atoms with Gasteiger partial charge in [-0.15, -0.1) is 10.2 Å². The highest BCUT2D eigenvalue weighted by molar-refractivity contribution is 9.10. The number of hydrogen-bond donors (Lipinski definition) is 1. The molecule has 2 heterocycles. The monoisotopic (exact) mass is 342 g/mol. The Bertz CT molecular complexity index is 585. The number of nitrogens with zero attached hydrogens (tertiary/aromatic N) is 4. The lowest BCUT2D eigenvalue weighted by Crippen LogP contribution is -2.03. The highest BCUT2D eigenvalue weighted by atomic mass is 79.9. The molecule has 0 radical (unpaired) electrons. The van der Waals surface area contributed by atoms with E-state index >= 15 is 0 Å². The number of hydrogen-bond acceptors (Lipinski definition) is 5. The first-order valence-corrected chi connectivity index (χ1v) is 7.29. The summed E-state index contributed by atoms with van der Waals surface area (Å²) < 4.78 is 2.74. The van der Waals surface area contributed by atoms with Crippen molar-refractivity contribution in [1.82, 2.24) is 19.7 Å². The fourth-order valence-electron chi connectivity index (χ4n) is 1.50. The van der Waals surface area contributed by atoms with Crippen LogP contribution in [0.25, 0.3) is 11.5 Å². The first kappa shape index (κ1) is 14.0. The number of pyridine rings is 1. The second-order valence-electron chi connectivity index (χ2n) is 3.59. The number of carbonyl (C=O) groups is 1. The maximum absolute atomic E-state index is 10.6. The Morgan fingerprint density at radius 1 is 1.47 bits per heavy atom. The van der Waals surface area contributed by atoms with E-state index in [1.54, 1.807) is 6.20 Å². The fraction of sp³-hybridized carbons (Fsp3) is 0.273. The summed E-state index contributed by atoms with van der Waals surface area (Å²) in [6, 6.07) is 3.72. The highest BCUT2D eigenvalue weighted by Gasteiger charge is 2.14. The van der Waals surface area contributed by atoms with Crippen molar-refractivity contribution in [2.75, 3.05) is 5.75 Å². The van der Waals surface area contributed by atoms with Crippen LogP contribution in [0.5, 0.6) is 0 Å². The van der Waals surface area contributed by atoms with E-state index in [0.717, 1.165) is 16.2 Å². The van der Waals surface area contributed by atoms with E-state index in [1.807, 2.05) is 23.6 Å². The van der Waals surface area contributed by atoms with E-state index in [2.05, 4.69) is 31.1 Å². The van der Waals surface area contributed by atoms with Crippen LogP contribution in [-0.2, 0) is 11.3 Å². The van der Waals surface area contributed by atoms with Crippen LogP contribution in [-0.4, -0.2) is 36.6 Å². The zero-order chi connectivity index (χ0) is 13.8. The third kappa shape index (κ3) is 3.32. The Hall–Kier alpha value is -1.41. The van der Waals surface area contributed by atoms with Crippen molar-refractivity contribution in [3.8, 4) is 11.5 Å². The summed E-state index contributed by atoms with van der Waals surface area (Å²) in [5, 5.41) is 17.4. The van der Waals surface area contributed by atoms with Crippen LogP contribution in [0.3, 0.4) is 0 Å². The van der Waals surface area contributed by atoms with Crippen molar-refractivity contribution >= 4 is 33.7 Å². The normalized spacial score (nSPS) is 10.6. The molecule has 0 saturated carbocycles. The molecule has 0 unspecified atom stereocenters. The van der Waals surface area contributed by atoms with Crippen molar-refractivity contribution in [3.63, 3.8) is 0 Å². The van der Waals surface area contributed by atoms with Gasteiger partial charge in [0.05, 0.1) is 5.75 Å². The molecule has 0 spiro atoms. The van der Waals surface area contributed by atoms with Crippen molar-refractivity contribution in [2.45, 2.75) is 18.6 Å². The molecule has 0 aliphatic heterocycles. The van der Waals surface area contributed by atoms with Gasteiger partial charge in [0.2, 0.25) is 0 Å². The molecule has 2 rings (SSSR count). The molecule has 0 saturated heterocycles. The van der Waals surface area contributed by atoms with E-state index in [9.17, 15) is 4.79 Å². The van der Waals surface area contributed by atoms with Crippen molar-refractivity contribution < 1.29 is 9.90 Å². The maximum atomic E-state index is 10.6. The molecule has 0 amide bonds. The van der Waals surface area contributed by atoms with Gasteiger partial charge in [0.1, 0.15) is 5.69 Å². The number of thioether (sulfide) groups is 1. The molecule has 2 aromatic heterocycles. The topological polar surface area (TPSA) is 80.9 Å². The summed E-state index contributed by atoms with van der Waals surface area (Å²) >= 11 is 4.48. The van der Waals surface area contributed by atoms with Crippen LogP contribution < -0.4 is 0 Å². The van der Waals surface area contributed by atoms with Crippen LogP contribution in [0, 0.1) is 0 Å². The zero-order valence-electron chi connectivity index (χ0n) is 10.1. The van der Waals surface area contributed by atoms with Crippen LogP contribution in [0.1, 0.15) is 6.92 Å². The van der Waals surface area contributed by atoms with Gasteiger partial charge in [-0.05, 0) is 35.0 Å². The third-order valence-electron chi connectivity index (χ3n) is 2.31. The molecule has 100 valence electrons. The van der Waals surface area contributed by atoms with Gasteiger partial charge in [0, 0.05) is 17.2 Å². The van der Waals surface area contributed by atoms with E-state index in [4.69, 9.17) is 5.11 Å². The fourth-order valence-corrected chi connectivity index (χ4v) is 2.46. The lowest BCUT2D eigenvalue weighted by Gasteiger charge is -2.05. The zero-order valence-corrected chi connectivity index (χ0v) is 12.5. The average Bonchev–Trinajstić information content (AvgIpc) is 2.80. The number of rotatable bonds is 5. The van der Waals surface area contributed by atoms with Gasteiger partial charge >= 0.3 is 5.97 Å². The molecule has 0 aliphatic carbocycles. The van der Waals surface area contributed by atoms with Gasteiger partial charge in [0.15, 0.2) is 11.0 Å². The number of aliphatic carboxylic acids is 1. The molecule has 0 fully saturated rings. The molecule has 0 atom stereocenters. The van der Waals surface area contributed by atoms with Crippen molar-refractivity contribution in [1.29, 1.82) is 0 Å². The number of carboxylic acids is 1. The SMILES string of the molecule is CCn1c(SCC(=O)O)nnc1-c1ccc(Br)cn1. The second-order valence-corrected chi connectivity index (χ2v) is 5.45. The van der Waals surface area contributed by atoms with E-state index in [-0.39, 0.29) is 5.75 Å². The third-order valence-corrected chi connectivity index (χ3v) is 3.73. The minimum atomic E-state index is -0.876. The van der Waals surface area contributed by atoms with Gasteiger partial charge in [-0.2, -0.15) is 0 Å². The van der Waals surface area contributed by atoms with Gasteiger partial charge in [-0.3, -0.25) is 9.78 Å². The predicted molar refractivity (Wildman–Crippen MR) is 75.0 cm³/mol. The first-order chi connectivity index (χ1) is 9.11. The average molecular weight is 343 g/mol. The van der Waals surface area contributed by atoms with Gasteiger partial charge in [0.25, 0.3) is 0 Å². The molecular weight excluding hydrogens is 332 g/mol. The summed E-state index contributed by atoms with van der Waals surface area (Å²) in [6.45, 7) is 2.61. The molecule has 0 aliphatic rings. The minimum Gasteiger partial charge on any atom is -0.481 e. The molecule has 8 heteroatoms. The Morgan fingerprint density at radius 2 is 2.26 bits per heavy atom. The van der Waals surface area contributed by atoms with Gasteiger partial charge in [-0.1, -0.05) is 11.8 Å². The van der Waals surface area contributed by atoms with E-state index < -0.39 is 5.97 Å². The lowest BCUT2D eigenvalue weighted by atomic mass is 10.3. The molecule has 0 bridgehead atoms. The molecule has 19 heavy (non-hydrogen) atoms. The number of aromatic nitrogens is 4. The standard InChI is InChI=1S/C11H11BrN4O2S/c1-2-16-10(8-4-3-7(12)5-13-8)14-15-11(16)19-6-9(17)18/h3-5H,2,6H2,1H3,(H,17,18). The summed E-state index contributed by atoms with van der Waals surface area (Å²) in [4.78, 5) is 14.9. The number of halogens is 1. The summed E-state index contributed by atoms with van der Waals surface area (Å²) in [7, 11) is 0. The molecule has 6 nitrogen and oxygen atoms in total. The predicted octanol–water partition coefficient (Wildman–Crippen LogP) is 2.30. The van der Waals surface area contributed by atoms with Crippen LogP contribution in [0.4, 0.5) is 0 Å². The summed E-state index contributed by atoms with van der Waals surface area (Å²) in [5.41, 5.74) is 0.708. The molecule has 2 aromatic rings. The summed E-state index contributed by atoms with van der Waals surface area (Å²) in [5.74, 6) is -0.270. The van der Waals surface area contributed by atoms with Gasteiger partial charge < -0.3 is 9.67 Å². The van der Waals surface area contributed by atoms with E-state index in [0.29, 0.717) is 23.2 Å². The largest absolute Gasteiger partial charge is 0.481 e. The summed E-state index contributed by atoms with van der Waals surface area (Å²) in [6.07, 6.45) is 1.69. The van der Waals surface area contributed by atoms with Crippen molar-refractivity contribution in [3.05, 3.63) is 22.8 Å². The quantitative estimate of drug-likeness (QED) is 0.839.